The number of benzene rings is 1. The number of thiazole rings is 1. The van der Waals surface area contributed by atoms with Gasteiger partial charge in [0, 0.05) is 40.7 Å². The Morgan fingerprint density at radius 3 is 2.84 bits per heavy atom. The Labute approximate surface area is 182 Å². The number of ether oxygens (including phenoxy) is 1. The number of halogens is 2. The lowest BCUT2D eigenvalue weighted by Gasteiger charge is -2.28. The number of anilines is 2. The third kappa shape index (κ3) is 4.99. The molecule has 31 heavy (non-hydrogen) atoms. The number of methoxy groups -OCH3 is 1. The Hall–Kier alpha value is -3.07. The van der Waals surface area contributed by atoms with Crippen molar-refractivity contribution in [2.75, 3.05) is 17.7 Å². The lowest BCUT2D eigenvalue weighted by atomic mass is 9.85. The number of nitrogens with one attached hydrogen (secondary N) is 2. The molecule has 1 aliphatic carbocycles. The van der Waals surface area contributed by atoms with Crippen LogP contribution in [0.4, 0.5) is 19.7 Å². The average Bonchev–Trinajstić information content (AvgIpc) is 3.28. The van der Waals surface area contributed by atoms with Crippen molar-refractivity contribution in [3.63, 3.8) is 0 Å². The van der Waals surface area contributed by atoms with Gasteiger partial charge in [0.15, 0.2) is 5.13 Å². The van der Waals surface area contributed by atoms with Crippen LogP contribution in [-0.4, -0.2) is 29.0 Å². The zero-order valence-corrected chi connectivity index (χ0v) is 17.7. The summed E-state index contributed by atoms with van der Waals surface area (Å²) >= 11 is 1.53. The number of hydrogen-bond acceptors (Lipinski definition) is 6. The lowest BCUT2D eigenvalue weighted by Crippen LogP contribution is -2.34. The maximum absolute atomic E-state index is 14.5. The summed E-state index contributed by atoms with van der Waals surface area (Å²) in [5.74, 6) is -0.965. The Balaban J connectivity index is 1.48. The summed E-state index contributed by atoms with van der Waals surface area (Å²) in [6.45, 7) is 0. The minimum Gasteiger partial charge on any atom is -0.496 e. The van der Waals surface area contributed by atoms with E-state index in [2.05, 4.69) is 20.6 Å². The third-order valence-electron chi connectivity index (χ3n) is 5.37. The molecule has 0 aliphatic heterocycles. The average molecular weight is 445 g/mol. The van der Waals surface area contributed by atoms with E-state index in [0.717, 1.165) is 30.6 Å². The molecule has 1 unspecified atom stereocenters. The van der Waals surface area contributed by atoms with Crippen LogP contribution in [0.3, 0.4) is 0 Å². The molecule has 0 bridgehead atoms. The van der Waals surface area contributed by atoms with Crippen molar-refractivity contribution in [1.82, 2.24) is 9.97 Å². The first kappa shape index (κ1) is 21.2. The second kappa shape index (κ2) is 9.38. The fourth-order valence-electron chi connectivity index (χ4n) is 3.86. The van der Waals surface area contributed by atoms with Crippen LogP contribution in [-0.2, 0) is 4.79 Å². The van der Waals surface area contributed by atoms with E-state index in [0.29, 0.717) is 12.0 Å². The van der Waals surface area contributed by atoms with E-state index in [-0.39, 0.29) is 35.0 Å². The molecule has 0 spiro atoms. The minimum atomic E-state index is -0.590. The van der Waals surface area contributed by atoms with Gasteiger partial charge < -0.3 is 15.4 Å². The first-order chi connectivity index (χ1) is 15.0. The largest absolute Gasteiger partial charge is 0.496 e. The number of pyridine rings is 1. The number of hydrogen-bond donors (Lipinski definition) is 2. The third-order valence-corrected chi connectivity index (χ3v) is 6.07. The summed E-state index contributed by atoms with van der Waals surface area (Å²) in [5.41, 5.74) is 0.554. The molecule has 1 fully saturated rings. The van der Waals surface area contributed by atoms with E-state index in [4.69, 9.17) is 4.74 Å². The molecule has 1 aliphatic rings. The van der Waals surface area contributed by atoms with Crippen LogP contribution in [0.15, 0.2) is 42.0 Å². The molecule has 2 aromatic heterocycles. The first-order valence-corrected chi connectivity index (χ1v) is 10.9. The quantitative estimate of drug-likeness (QED) is 0.553. The molecular formula is C22H22F2N4O2S. The van der Waals surface area contributed by atoms with Gasteiger partial charge in [-0.1, -0.05) is 6.42 Å². The fraction of sp³-hybridized carbons (Fsp3) is 0.318. The molecule has 9 heteroatoms. The second-order valence-electron chi connectivity index (χ2n) is 7.43. The molecule has 0 saturated heterocycles. The van der Waals surface area contributed by atoms with E-state index >= 15 is 0 Å². The number of carbonyl (C=O) groups excluding carboxylic acids is 1. The van der Waals surface area contributed by atoms with Gasteiger partial charge in [-0.2, -0.15) is 0 Å². The number of rotatable bonds is 6. The monoisotopic (exact) mass is 444 g/mol. The molecule has 3 aromatic rings. The second-order valence-corrected chi connectivity index (χ2v) is 8.32. The van der Waals surface area contributed by atoms with Crippen LogP contribution in [0.25, 0.3) is 11.1 Å². The highest BCUT2D eigenvalue weighted by atomic mass is 32.1. The maximum Gasteiger partial charge on any atom is 0.228 e. The van der Waals surface area contributed by atoms with Crippen LogP contribution in [0.2, 0.25) is 0 Å². The minimum absolute atomic E-state index is 0.151. The number of aromatic nitrogens is 2. The number of amides is 1. The Morgan fingerprint density at radius 2 is 2.06 bits per heavy atom. The van der Waals surface area contributed by atoms with Crippen LogP contribution in [0.5, 0.6) is 5.75 Å². The molecule has 1 aromatic carbocycles. The normalized spacial score (nSPS) is 18.4. The van der Waals surface area contributed by atoms with E-state index in [1.54, 1.807) is 6.20 Å². The van der Waals surface area contributed by atoms with Crippen molar-refractivity contribution >= 4 is 28.2 Å². The van der Waals surface area contributed by atoms with E-state index < -0.39 is 11.6 Å². The van der Waals surface area contributed by atoms with Gasteiger partial charge >= 0.3 is 0 Å². The highest BCUT2D eigenvalue weighted by Crippen LogP contribution is 2.34. The maximum atomic E-state index is 14.5. The van der Waals surface area contributed by atoms with Crippen molar-refractivity contribution in [3.8, 4) is 16.9 Å². The van der Waals surface area contributed by atoms with Crippen molar-refractivity contribution in [3.05, 3.63) is 53.7 Å². The van der Waals surface area contributed by atoms with Gasteiger partial charge in [0.25, 0.3) is 0 Å². The molecule has 162 valence electrons. The highest BCUT2D eigenvalue weighted by Gasteiger charge is 2.28. The number of carbonyl (C=O) groups is 1. The topological polar surface area (TPSA) is 76.1 Å². The molecule has 6 nitrogen and oxygen atoms in total. The van der Waals surface area contributed by atoms with E-state index in [9.17, 15) is 13.6 Å². The SMILES string of the molecule is COc1cc(F)ccc1-c1cc(NC(=O)C2CCC[C@@H](Nc3nccs3)C2)ncc1F. The van der Waals surface area contributed by atoms with Gasteiger partial charge in [-0.25, -0.2) is 18.7 Å². The summed E-state index contributed by atoms with van der Waals surface area (Å²) in [6, 6.07) is 5.47. The van der Waals surface area contributed by atoms with Gasteiger partial charge in [0.2, 0.25) is 5.91 Å². The molecule has 4 rings (SSSR count). The van der Waals surface area contributed by atoms with E-state index in [1.165, 1.54) is 42.7 Å². The van der Waals surface area contributed by atoms with Crippen LogP contribution >= 0.6 is 11.3 Å². The Bertz CT molecular complexity index is 1060. The zero-order chi connectivity index (χ0) is 21.8. The molecular weight excluding hydrogens is 422 g/mol. The molecule has 2 heterocycles. The first-order valence-electron chi connectivity index (χ1n) is 10.00. The summed E-state index contributed by atoms with van der Waals surface area (Å²) in [6.07, 6.45) is 6.16. The van der Waals surface area contributed by atoms with Crippen LogP contribution in [0.1, 0.15) is 25.7 Å². The summed E-state index contributed by atoms with van der Waals surface area (Å²) in [5, 5.41) is 8.94. The Morgan fingerprint density at radius 1 is 1.19 bits per heavy atom. The predicted molar refractivity (Wildman–Crippen MR) is 116 cm³/mol. The molecule has 2 atom stereocenters. The lowest BCUT2D eigenvalue weighted by molar-refractivity contribution is -0.120. The molecule has 1 saturated carbocycles. The molecule has 2 N–H and O–H groups in total. The van der Waals surface area contributed by atoms with Crippen LogP contribution in [0, 0.1) is 17.6 Å². The summed E-state index contributed by atoms with van der Waals surface area (Å²) in [7, 11) is 1.39. The zero-order valence-electron chi connectivity index (χ0n) is 16.9. The Kier molecular flexibility index (Phi) is 6.41. The highest BCUT2D eigenvalue weighted by molar-refractivity contribution is 7.13. The van der Waals surface area contributed by atoms with Gasteiger partial charge in [-0.3, -0.25) is 4.79 Å². The van der Waals surface area contributed by atoms with Gasteiger partial charge in [-0.05, 0) is 37.5 Å². The van der Waals surface area contributed by atoms with E-state index in [1.807, 2.05) is 5.38 Å². The van der Waals surface area contributed by atoms with Crippen molar-refractivity contribution < 1.29 is 18.3 Å². The standard InChI is InChI=1S/C22H22F2N4O2S/c1-30-19-10-14(23)5-6-16(19)17-11-20(26-12-18(17)24)28-21(29)13-3-2-4-15(9-13)27-22-25-7-8-31-22/h5-8,10-13,15H,2-4,9H2,1H3,(H,25,27)(H,26,28,29)/t13?,15-/m1/s1. The molecule has 1 amide bonds. The molecule has 0 radical (unpaired) electrons. The fourth-order valence-corrected chi connectivity index (χ4v) is 4.46. The summed E-state index contributed by atoms with van der Waals surface area (Å²) in [4.78, 5) is 21.1. The smallest absolute Gasteiger partial charge is 0.228 e. The van der Waals surface area contributed by atoms with Gasteiger partial charge in [0.1, 0.15) is 23.2 Å². The van der Waals surface area contributed by atoms with Crippen molar-refractivity contribution in [1.29, 1.82) is 0 Å². The summed E-state index contributed by atoms with van der Waals surface area (Å²) < 4.78 is 33.1. The van der Waals surface area contributed by atoms with Crippen molar-refractivity contribution in [2.24, 2.45) is 5.92 Å². The van der Waals surface area contributed by atoms with Crippen molar-refractivity contribution in [2.45, 2.75) is 31.7 Å². The van der Waals surface area contributed by atoms with Crippen LogP contribution < -0.4 is 15.4 Å². The van der Waals surface area contributed by atoms with Gasteiger partial charge in [0.05, 0.1) is 13.3 Å². The predicted octanol–water partition coefficient (Wildman–Crippen LogP) is 5.10. The number of nitrogens with zero attached hydrogens (tertiary/aromatic N) is 2. The van der Waals surface area contributed by atoms with Gasteiger partial charge in [-0.15, -0.1) is 11.3 Å².